The van der Waals surface area contributed by atoms with Crippen LogP contribution >= 0.6 is 11.6 Å². The van der Waals surface area contributed by atoms with E-state index < -0.39 is 0 Å². The van der Waals surface area contributed by atoms with E-state index in [9.17, 15) is 0 Å². The number of benzene rings is 2. The first-order chi connectivity index (χ1) is 9.13. The van der Waals surface area contributed by atoms with Crippen molar-refractivity contribution in [1.82, 2.24) is 9.97 Å². The van der Waals surface area contributed by atoms with Gasteiger partial charge in [0.1, 0.15) is 5.82 Å². The van der Waals surface area contributed by atoms with Gasteiger partial charge >= 0.3 is 0 Å². The van der Waals surface area contributed by atoms with E-state index in [4.69, 9.17) is 11.6 Å². The molecule has 0 bridgehead atoms. The van der Waals surface area contributed by atoms with Gasteiger partial charge in [0.25, 0.3) is 0 Å². The first-order valence-corrected chi connectivity index (χ1v) is 6.70. The lowest BCUT2D eigenvalue weighted by Gasteiger charge is -2.00. The van der Waals surface area contributed by atoms with Crippen molar-refractivity contribution < 1.29 is 0 Å². The van der Waals surface area contributed by atoms with Crippen LogP contribution in [0.3, 0.4) is 0 Å². The number of halogens is 1. The number of aromatic amines is 1. The lowest BCUT2D eigenvalue weighted by atomic mass is 10.1. The second-order valence-corrected chi connectivity index (χ2v) is 5.34. The minimum absolute atomic E-state index is 0.729. The topological polar surface area (TPSA) is 28.7 Å². The second-order valence-electron chi connectivity index (χ2n) is 4.93. The molecule has 0 amide bonds. The summed E-state index contributed by atoms with van der Waals surface area (Å²) in [6.45, 7) is 4.19. The lowest BCUT2D eigenvalue weighted by Crippen LogP contribution is -1.91. The molecule has 0 aliphatic rings. The normalized spacial score (nSPS) is 11.1. The molecule has 96 valence electrons. The van der Waals surface area contributed by atoms with Gasteiger partial charge in [-0.15, -0.1) is 0 Å². The van der Waals surface area contributed by atoms with E-state index in [1.807, 2.05) is 24.3 Å². The van der Waals surface area contributed by atoms with Crippen molar-refractivity contribution in [2.75, 3.05) is 0 Å². The SMILES string of the molecule is Cc1cc(C)c2nc(Cc3ccccc3Cl)[nH]c2c1. The van der Waals surface area contributed by atoms with Gasteiger partial charge in [-0.1, -0.05) is 35.9 Å². The summed E-state index contributed by atoms with van der Waals surface area (Å²) in [5.41, 5.74) is 5.69. The molecule has 0 atom stereocenters. The fraction of sp³-hybridized carbons (Fsp3) is 0.188. The molecule has 0 saturated heterocycles. The molecule has 0 spiro atoms. The quantitative estimate of drug-likeness (QED) is 0.733. The van der Waals surface area contributed by atoms with E-state index >= 15 is 0 Å². The van der Waals surface area contributed by atoms with Crippen LogP contribution in [-0.2, 0) is 6.42 Å². The highest BCUT2D eigenvalue weighted by atomic mass is 35.5. The highest BCUT2D eigenvalue weighted by molar-refractivity contribution is 6.31. The van der Waals surface area contributed by atoms with Gasteiger partial charge in [-0.05, 0) is 42.7 Å². The van der Waals surface area contributed by atoms with E-state index in [0.717, 1.165) is 33.9 Å². The van der Waals surface area contributed by atoms with Crippen molar-refractivity contribution in [1.29, 1.82) is 0 Å². The minimum Gasteiger partial charge on any atom is -0.342 e. The Morgan fingerprint density at radius 1 is 1.16 bits per heavy atom. The molecule has 0 aliphatic carbocycles. The molecule has 3 aromatic rings. The van der Waals surface area contributed by atoms with Crippen LogP contribution in [0, 0.1) is 13.8 Å². The number of nitrogens with zero attached hydrogens (tertiary/aromatic N) is 1. The van der Waals surface area contributed by atoms with Gasteiger partial charge in [0.2, 0.25) is 0 Å². The van der Waals surface area contributed by atoms with Crippen LogP contribution in [0.5, 0.6) is 0 Å². The first-order valence-electron chi connectivity index (χ1n) is 6.33. The van der Waals surface area contributed by atoms with Crippen LogP contribution in [0.2, 0.25) is 5.02 Å². The molecule has 0 radical (unpaired) electrons. The zero-order valence-corrected chi connectivity index (χ0v) is 11.8. The van der Waals surface area contributed by atoms with Gasteiger partial charge in [-0.25, -0.2) is 4.98 Å². The summed E-state index contributed by atoms with van der Waals surface area (Å²) in [5, 5.41) is 0.788. The summed E-state index contributed by atoms with van der Waals surface area (Å²) in [6.07, 6.45) is 0.729. The predicted molar refractivity (Wildman–Crippen MR) is 79.8 cm³/mol. The van der Waals surface area contributed by atoms with Crippen LogP contribution < -0.4 is 0 Å². The van der Waals surface area contributed by atoms with Crippen molar-refractivity contribution >= 4 is 22.6 Å². The average molecular weight is 271 g/mol. The molecule has 2 aromatic carbocycles. The highest BCUT2D eigenvalue weighted by Crippen LogP contribution is 2.22. The molecule has 0 fully saturated rings. The molecule has 2 nitrogen and oxygen atoms in total. The molecular weight excluding hydrogens is 256 g/mol. The number of aryl methyl sites for hydroxylation is 2. The van der Waals surface area contributed by atoms with Crippen LogP contribution in [-0.4, -0.2) is 9.97 Å². The molecule has 1 aromatic heterocycles. The van der Waals surface area contributed by atoms with E-state index in [1.54, 1.807) is 0 Å². The fourth-order valence-corrected chi connectivity index (χ4v) is 2.63. The number of nitrogens with one attached hydrogen (secondary N) is 1. The summed E-state index contributed by atoms with van der Waals surface area (Å²) in [5.74, 6) is 0.955. The number of rotatable bonds is 2. The van der Waals surface area contributed by atoms with E-state index in [1.165, 1.54) is 11.1 Å². The van der Waals surface area contributed by atoms with Crippen molar-refractivity contribution in [3.8, 4) is 0 Å². The summed E-state index contributed by atoms with van der Waals surface area (Å²) in [7, 11) is 0. The van der Waals surface area contributed by atoms with Crippen molar-refractivity contribution in [3.63, 3.8) is 0 Å². The molecule has 19 heavy (non-hydrogen) atoms. The van der Waals surface area contributed by atoms with Crippen LogP contribution in [0.1, 0.15) is 22.5 Å². The van der Waals surface area contributed by atoms with Crippen molar-refractivity contribution in [2.24, 2.45) is 0 Å². The number of aromatic nitrogens is 2. The number of hydrogen-bond acceptors (Lipinski definition) is 1. The number of H-pyrrole nitrogens is 1. The van der Waals surface area contributed by atoms with Crippen molar-refractivity contribution in [3.05, 3.63) is 63.9 Å². The Bertz CT molecular complexity index is 744. The Kier molecular flexibility index (Phi) is 3.03. The fourth-order valence-electron chi connectivity index (χ4n) is 2.43. The highest BCUT2D eigenvalue weighted by Gasteiger charge is 2.08. The molecule has 0 saturated carbocycles. The lowest BCUT2D eigenvalue weighted by molar-refractivity contribution is 1.04. The second kappa shape index (κ2) is 4.71. The Morgan fingerprint density at radius 2 is 1.95 bits per heavy atom. The average Bonchev–Trinajstić information content (AvgIpc) is 2.75. The maximum Gasteiger partial charge on any atom is 0.111 e. The monoisotopic (exact) mass is 270 g/mol. The third kappa shape index (κ3) is 2.36. The van der Waals surface area contributed by atoms with Gasteiger partial charge in [-0.3, -0.25) is 0 Å². The molecule has 0 unspecified atom stereocenters. The van der Waals surface area contributed by atoms with E-state index in [-0.39, 0.29) is 0 Å². The molecule has 0 aliphatic heterocycles. The molecule has 1 N–H and O–H groups in total. The molecule has 1 heterocycles. The maximum atomic E-state index is 6.19. The minimum atomic E-state index is 0.729. The largest absolute Gasteiger partial charge is 0.342 e. The molecule has 3 heteroatoms. The molecular formula is C16H15ClN2. The van der Waals surface area contributed by atoms with Crippen molar-refractivity contribution in [2.45, 2.75) is 20.3 Å². The Labute approximate surface area is 117 Å². The third-order valence-corrected chi connectivity index (χ3v) is 3.66. The number of hydrogen-bond donors (Lipinski definition) is 1. The zero-order chi connectivity index (χ0) is 13.4. The summed E-state index contributed by atoms with van der Waals surface area (Å²) < 4.78 is 0. The Balaban J connectivity index is 2.03. The summed E-state index contributed by atoms with van der Waals surface area (Å²) >= 11 is 6.19. The Morgan fingerprint density at radius 3 is 2.74 bits per heavy atom. The smallest absolute Gasteiger partial charge is 0.111 e. The van der Waals surface area contributed by atoms with E-state index in [0.29, 0.717) is 0 Å². The maximum absolute atomic E-state index is 6.19. The zero-order valence-electron chi connectivity index (χ0n) is 11.0. The van der Waals surface area contributed by atoms with Gasteiger partial charge < -0.3 is 4.98 Å². The summed E-state index contributed by atoms with van der Waals surface area (Å²) in [4.78, 5) is 8.06. The van der Waals surface area contributed by atoms with Crippen LogP contribution in [0.4, 0.5) is 0 Å². The Hall–Kier alpha value is -1.80. The van der Waals surface area contributed by atoms with Crippen LogP contribution in [0.25, 0.3) is 11.0 Å². The van der Waals surface area contributed by atoms with Gasteiger partial charge in [-0.2, -0.15) is 0 Å². The molecule has 3 rings (SSSR count). The summed E-state index contributed by atoms with van der Waals surface area (Å²) in [6, 6.07) is 12.2. The predicted octanol–water partition coefficient (Wildman–Crippen LogP) is 4.42. The van der Waals surface area contributed by atoms with E-state index in [2.05, 4.69) is 35.9 Å². The third-order valence-electron chi connectivity index (χ3n) is 3.29. The first kappa shape index (κ1) is 12.2. The van der Waals surface area contributed by atoms with Gasteiger partial charge in [0.15, 0.2) is 0 Å². The van der Waals surface area contributed by atoms with Gasteiger partial charge in [0, 0.05) is 11.4 Å². The van der Waals surface area contributed by atoms with Crippen LogP contribution in [0.15, 0.2) is 36.4 Å². The standard InChI is InChI=1S/C16H15ClN2/c1-10-7-11(2)16-14(8-10)18-15(19-16)9-12-5-3-4-6-13(12)17/h3-8H,9H2,1-2H3,(H,18,19). The number of imidazole rings is 1. The number of fused-ring (bicyclic) bond motifs is 1. The van der Waals surface area contributed by atoms with Gasteiger partial charge in [0.05, 0.1) is 11.0 Å².